The Bertz CT molecular complexity index is 1720. The van der Waals surface area contributed by atoms with Crippen molar-refractivity contribution in [1.29, 1.82) is 0 Å². The maximum absolute atomic E-state index is 14.1. The Morgan fingerprint density at radius 2 is 1.78 bits per heavy atom. The number of pyridine rings is 1. The molecule has 41 heavy (non-hydrogen) atoms. The molecular formula is C31H25ClF2N4O3. The maximum Gasteiger partial charge on any atom is 0.411 e. The summed E-state index contributed by atoms with van der Waals surface area (Å²) in [6.45, 7) is 0. The number of carbonyl (C=O) groups is 2. The van der Waals surface area contributed by atoms with Crippen LogP contribution in [0.4, 0.5) is 19.3 Å². The minimum atomic E-state index is -1.11. The molecule has 0 saturated carbocycles. The molecule has 0 aliphatic rings. The van der Waals surface area contributed by atoms with Crippen molar-refractivity contribution in [2.75, 3.05) is 11.9 Å². The fraction of sp³-hybridized carbons (Fsp3) is 0.129. The molecule has 0 fully saturated rings. The molecule has 3 aromatic carbocycles. The molecule has 2 aromatic heterocycles. The molecule has 2 amide bonds. The van der Waals surface area contributed by atoms with Gasteiger partial charge in [-0.15, -0.1) is 0 Å². The highest BCUT2D eigenvalue weighted by atomic mass is 35.5. The Balaban J connectivity index is 1.48. The minimum absolute atomic E-state index is 0.0304. The zero-order chi connectivity index (χ0) is 29.1. The minimum Gasteiger partial charge on any atom is -0.465 e. The van der Waals surface area contributed by atoms with Crippen LogP contribution < -0.4 is 10.2 Å². The van der Waals surface area contributed by atoms with Gasteiger partial charge in [-0.25, -0.2) is 13.6 Å². The van der Waals surface area contributed by atoms with Crippen LogP contribution in [0.1, 0.15) is 22.9 Å². The van der Waals surface area contributed by atoms with Crippen LogP contribution in [-0.2, 0) is 17.6 Å². The third kappa shape index (κ3) is 6.36. The number of anilines is 1. The number of rotatable bonds is 8. The molecule has 0 bridgehead atoms. The van der Waals surface area contributed by atoms with Crippen LogP contribution in [0.2, 0.25) is 5.02 Å². The van der Waals surface area contributed by atoms with Gasteiger partial charge in [-0.3, -0.25) is 14.7 Å². The SMILES string of the molecule is CN(C(=O)O)c1ccc2[nH]cc(CC(=O)NC(Cc3cc(F)cc(F)c3)c3ncccc3-c3ccc(Cl)cc3)c2c1. The molecule has 0 radical (unpaired) electrons. The van der Waals surface area contributed by atoms with Crippen LogP contribution in [0.15, 0.2) is 85.2 Å². The van der Waals surface area contributed by atoms with E-state index in [-0.39, 0.29) is 18.7 Å². The van der Waals surface area contributed by atoms with Crippen LogP contribution in [0.3, 0.4) is 0 Å². The predicted molar refractivity (Wildman–Crippen MR) is 154 cm³/mol. The van der Waals surface area contributed by atoms with E-state index < -0.39 is 23.8 Å². The normalized spacial score (nSPS) is 11.8. The first kappa shape index (κ1) is 27.8. The maximum atomic E-state index is 14.1. The van der Waals surface area contributed by atoms with Crippen LogP contribution in [0, 0.1) is 11.6 Å². The fourth-order valence-electron chi connectivity index (χ4n) is 4.80. The van der Waals surface area contributed by atoms with Gasteiger partial charge in [-0.2, -0.15) is 0 Å². The number of H-pyrrole nitrogens is 1. The van der Waals surface area contributed by atoms with E-state index in [1.807, 2.05) is 18.2 Å². The van der Waals surface area contributed by atoms with Crippen molar-refractivity contribution in [1.82, 2.24) is 15.3 Å². The Morgan fingerprint density at radius 3 is 2.49 bits per heavy atom. The molecule has 5 rings (SSSR count). The first-order valence-corrected chi connectivity index (χ1v) is 13.1. The molecule has 0 aliphatic heterocycles. The number of hydrogen-bond acceptors (Lipinski definition) is 3. The molecule has 3 N–H and O–H groups in total. The van der Waals surface area contributed by atoms with Gasteiger partial charge in [0.2, 0.25) is 5.91 Å². The number of hydrogen-bond donors (Lipinski definition) is 3. The van der Waals surface area contributed by atoms with E-state index in [9.17, 15) is 23.5 Å². The molecule has 208 valence electrons. The highest BCUT2D eigenvalue weighted by Crippen LogP contribution is 2.30. The second-order valence-electron chi connectivity index (χ2n) is 9.61. The summed E-state index contributed by atoms with van der Waals surface area (Å²) in [7, 11) is 1.44. The van der Waals surface area contributed by atoms with Crippen molar-refractivity contribution in [2.45, 2.75) is 18.9 Å². The lowest BCUT2D eigenvalue weighted by Gasteiger charge is -2.22. The number of amides is 2. The van der Waals surface area contributed by atoms with Crippen molar-refractivity contribution in [2.24, 2.45) is 0 Å². The number of carboxylic acid groups (broad SMARTS) is 1. The number of fused-ring (bicyclic) bond motifs is 1. The summed E-state index contributed by atoms with van der Waals surface area (Å²) >= 11 is 6.08. The second kappa shape index (κ2) is 11.8. The van der Waals surface area contributed by atoms with Crippen LogP contribution in [0.25, 0.3) is 22.0 Å². The molecule has 0 saturated heterocycles. The first-order chi connectivity index (χ1) is 19.7. The van der Waals surface area contributed by atoms with Gasteiger partial charge in [-0.05, 0) is 71.6 Å². The number of nitrogens with one attached hydrogen (secondary N) is 2. The van der Waals surface area contributed by atoms with Gasteiger partial charge < -0.3 is 15.4 Å². The third-order valence-corrected chi connectivity index (χ3v) is 7.05. The third-order valence-electron chi connectivity index (χ3n) is 6.80. The molecule has 0 aliphatic carbocycles. The molecule has 1 unspecified atom stereocenters. The number of halogens is 3. The molecule has 10 heteroatoms. The molecule has 5 aromatic rings. The summed E-state index contributed by atoms with van der Waals surface area (Å²) in [5, 5.41) is 13.6. The average molecular weight is 575 g/mol. The summed E-state index contributed by atoms with van der Waals surface area (Å²) in [6.07, 6.45) is 2.24. The van der Waals surface area contributed by atoms with Gasteiger partial charge >= 0.3 is 6.09 Å². The second-order valence-corrected chi connectivity index (χ2v) is 10.0. The smallest absolute Gasteiger partial charge is 0.411 e. The Hall–Kier alpha value is -4.76. The van der Waals surface area contributed by atoms with E-state index in [4.69, 9.17) is 11.6 Å². The number of aromatic amines is 1. The van der Waals surface area contributed by atoms with Crippen molar-refractivity contribution in [3.63, 3.8) is 0 Å². The summed E-state index contributed by atoms with van der Waals surface area (Å²) < 4.78 is 28.1. The first-order valence-electron chi connectivity index (χ1n) is 12.7. The van der Waals surface area contributed by atoms with Crippen LogP contribution in [0.5, 0.6) is 0 Å². The van der Waals surface area contributed by atoms with E-state index in [2.05, 4.69) is 15.3 Å². The highest BCUT2D eigenvalue weighted by molar-refractivity contribution is 6.30. The zero-order valence-electron chi connectivity index (χ0n) is 21.9. The Morgan fingerprint density at radius 1 is 1.05 bits per heavy atom. The topological polar surface area (TPSA) is 98.3 Å². The molecule has 7 nitrogen and oxygen atoms in total. The average Bonchev–Trinajstić information content (AvgIpc) is 3.33. The van der Waals surface area contributed by atoms with Gasteiger partial charge in [0.15, 0.2) is 0 Å². The van der Waals surface area contributed by atoms with Crippen LogP contribution >= 0.6 is 11.6 Å². The van der Waals surface area contributed by atoms with E-state index >= 15 is 0 Å². The summed E-state index contributed by atoms with van der Waals surface area (Å²) in [5.74, 6) is -1.78. The lowest BCUT2D eigenvalue weighted by atomic mass is 9.95. The van der Waals surface area contributed by atoms with Crippen LogP contribution in [-0.4, -0.2) is 34.1 Å². The number of nitrogens with zero attached hydrogens (tertiary/aromatic N) is 2. The number of aromatic nitrogens is 2. The van der Waals surface area contributed by atoms with Crippen molar-refractivity contribution >= 4 is 40.2 Å². The zero-order valence-corrected chi connectivity index (χ0v) is 22.6. The monoisotopic (exact) mass is 574 g/mol. The Kier molecular flexibility index (Phi) is 7.98. The van der Waals surface area contributed by atoms with Gasteiger partial charge in [0, 0.05) is 52.7 Å². The molecule has 0 spiro atoms. The van der Waals surface area contributed by atoms with Gasteiger partial charge in [-0.1, -0.05) is 29.8 Å². The largest absolute Gasteiger partial charge is 0.465 e. The molecular weight excluding hydrogens is 550 g/mol. The lowest BCUT2D eigenvalue weighted by Crippen LogP contribution is -2.32. The van der Waals surface area contributed by atoms with E-state index in [1.54, 1.807) is 48.8 Å². The number of benzene rings is 3. The predicted octanol–water partition coefficient (Wildman–Crippen LogP) is 6.92. The molecule has 1 atom stereocenters. The van der Waals surface area contributed by atoms with Gasteiger partial charge in [0.25, 0.3) is 0 Å². The summed E-state index contributed by atoms with van der Waals surface area (Å²) in [5.41, 5.74) is 4.29. The summed E-state index contributed by atoms with van der Waals surface area (Å²) in [6, 6.07) is 18.4. The highest BCUT2D eigenvalue weighted by Gasteiger charge is 2.22. The van der Waals surface area contributed by atoms with Gasteiger partial charge in [0.05, 0.1) is 18.2 Å². The standard InChI is InChI=1S/C31H25ClF2N4O3/c1-38(31(40)41)24-8-9-27-26(16-24)20(17-36-27)14-29(39)37-28(13-18-11-22(33)15-23(34)12-18)30-25(3-2-10-35-30)19-4-6-21(32)7-5-19/h2-12,15-17,28,36H,13-14H2,1H3,(H,37,39)(H,40,41). The molecule has 2 heterocycles. The lowest BCUT2D eigenvalue weighted by molar-refractivity contribution is -0.121. The number of carbonyl (C=O) groups excluding carboxylic acids is 1. The van der Waals surface area contributed by atoms with E-state index in [0.29, 0.717) is 32.9 Å². The Labute approximate surface area is 239 Å². The summed E-state index contributed by atoms with van der Waals surface area (Å²) in [4.78, 5) is 33.6. The quantitative estimate of drug-likeness (QED) is 0.187. The fourth-order valence-corrected chi connectivity index (χ4v) is 4.93. The van der Waals surface area contributed by atoms with E-state index in [0.717, 1.165) is 27.6 Å². The van der Waals surface area contributed by atoms with Crippen molar-refractivity contribution < 1.29 is 23.5 Å². The van der Waals surface area contributed by atoms with E-state index in [1.165, 1.54) is 19.2 Å². The van der Waals surface area contributed by atoms with Crippen molar-refractivity contribution in [3.8, 4) is 11.1 Å². The van der Waals surface area contributed by atoms with Gasteiger partial charge in [0.1, 0.15) is 11.6 Å². The van der Waals surface area contributed by atoms with Crippen molar-refractivity contribution in [3.05, 3.63) is 119 Å².